The van der Waals surface area contributed by atoms with Gasteiger partial charge in [-0.15, -0.1) is 0 Å². The van der Waals surface area contributed by atoms with Crippen LogP contribution in [0.4, 0.5) is 0 Å². The normalized spacial score (nSPS) is 17.4. The van der Waals surface area contributed by atoms with Crippen LogP contribution in [0.3, 0.4) is 0 Å². The van der Waals surface area contributed by atoms with Crippen LogP contribution in [-0.4, -0.2) is 30.6 Å². The van der Waals surface area contributed by atoms with Gasteiger partial charge in [-0.25, -0.2) is 0 Å². The molecule has 1 aliphatic rings. The van der Waals surface area contributed by atoms with Crippen LogP contribution < -0.4 is 5.73 Å². The molecular weight excluding hydrogens is 232 g/mol. The quantitative estimate of drug-likeness (QED) is 0.778. The average molecular weight is 260 g/mol. The van der Waals surface area contributed by atoms with Crippen molar-refractivity contribution in [3.05, 3.63) is 35.9 Å². The van der Waals surface area contributed by atoms with Gasteiger partial charge in [-0.3, -0.25) is 0 Å². The first-order valence-electron chi connectivity index (χ1n) is 7.79. The van der Waals surface area contributed by atoms with E-state index in [-0.39, 0.29) is 0 Å². The molecular formula is C17H28N2. The van der Waals surface area contributed by atoms with E-state index in [1.54, 1.807) is 0 Å². The Bertz CT molecular complexity index is 346. The van der Waals surface area contributed by atoms with Gasteiger partial charge in [0.05, 0.1) is 0 Å². The number of likely N-dealkylation sites (N-methyl/N-ethyl adjacent to an activating group) is 1. The molecule has 2 nitrogen and oxygen atoms in total. The highest BCUT2D eigenvalue weighted by Crippen LogP contribution is 2.27. The third-order valence-electron chi connectivity index (χ3n) is 4.33. The van der Waals surface area contributed by atoms with Crippen molar-refractivity contribution in [1.29, 1.82) is 0 Å². The van der Waals surface area contributed by atoms with Crippen molar-refractivity contribution in [3.63, 3.8) is 0 Å². The molecule has 0 aromatic heterocycles. The van der Waals surface area contributed by atoms with Crippen molar-refractivity contribution in [2.24, 2.45) is 11.7 Å². The summed E-state index contributed by atoms with van der Waals surface area (Å²) in [6.45, 7) is 5.70. The summed E-state index contributed by atoms with van der Waals surface area (Å²) in [6.07, 6.45) is 6.47. The van der Waals surface area contributed by atoms with E-state index in [4.69, 9.17) is 5.73 Å². The molecule has 0 amide bonds. The molecule has 1 aliphatic carbocycles. The maximum Gasteiger partial charge on any atom is 0.0170 e. The lowest BCUT2D eigenvalue weighted by Crippen LogP contribution is -2.41. The molecule has 1 aromatic rings. The molecule has 1 saturated carbocycles. The fourth-order valence-electron chi connectivity index (χ4n) is 2.79. The van der Waals surface area contributed by atoms with E-state index < -0.39 is 0 Å². The monoisotopic (exact) mass is 260 g/mol. The topological polar surface area (TPSA) is 29.3 Å². The number of hydrogen-bond donors (Lipinski definition) is 1. The van der Waals surface area contributed by atoms with E-state index in [1.807, 2.05) is 0 Å². The van der Waals surface area contributed by atoms with Gasteiger partial charge in [-0.1, -0.05) is 43.7 Å². The Kier molecular flexibility index (Phi) is 5.87. The molecule has 0 radical (unpaired) electrons. The molecule has 2 N–H and O–H groups in total. The van der Waals surface area contributed by atoms with Crippen molar-refractivity contribution in [2.75, 3.05) is 19.6 Å². The van der Waals surface area contributed by atoms with Crippen molar-refractivity contribution in [1.82, 2.24) is 4.90 Å². The number of benzene rings is 1. The number of rotatable bonds is 8. The van der Waals surface area contributed by atoms with E-state index in [0.717, 1.165) is 31.8 Å². The zero-order valence-electron chi connectivity index (χ0n) is 12.2. The van der Waals surface area contributed by atoms with E-state index in [9.17, 15) is 0 Å². The second kappa shape index (κ2) is 7.66. The summed E-state index contributed by atoms with van der Waals surface area (Å²) in [7, 11) is 0. The van der Waals surface area contributed by atoms with Gasteiger partial charge in [0.2, 0.25) is 0 Å². The smallest absolute Gasteiger partial charge is 0.0170 e. The molecule has 0 heterocycles. The molecule has 1 aromatic carbocycles. The minimum atomic E-state index is 0.306. The highest BCUT2D eigenvalue weighted by molar-refractivity contribution is 5.14. The Balaban J connectivity index is 1.68. The van der Waals surface area contributed by atoms with Crippen molar-refractivity contribution >= 4 is 0 Å². The van der Waals surface area contributed by atoms with E-state index in [0.29, 0.717) is 6.04 Å². The minimum absolute atomic E-state index is 0.306. The lowest BCUT2D eigenvalue weighted by atomic mass is 9.85. The summed E-state index contributed by atoms with van der Waals surface area (Å²) in [5.41, 5.74) is 7.69. The Hall–Kier alpha value is -0.860. The minimum Gasteiger partial charge on any atom is -0.327 e. The summed E-state index contributed by atoms with van der Waals surface area (Å²) in [4.78, 5) is 2.54. The van der Waals surface area contributed by atoms with Gasteiger partial charge in [0.1, 0.15) is 0 Å². The SMILES string of the molecule is CCN(CC(N)CCc1ccccc1)CC1CCC1. The standard InChI is InChI=1S/C17H28N2/c1-2-19(13-16-9-6-10-16)14-17(18)12-11-15-7-4-3-5-8-15/h3-5,7-8,16-17H,2,6,9-14,18H2,1H3. The lowest BCUT2D eigenvalue weighted by Gasteiger charge is -2.33. The van der Waals surface area contributed by atoms with Crippen LogP contribution in [0.2, 0.25) is 0 Å². The Morgan fingerprint density at radius 1 is 1.26 bits per heavy atom. The van der Waals surface area contributed by atoms with Crippen LogP contribution in [0.15, 0.2) is 30.3 Å². The van der Waals surface area contributed by atoms with E-state index >= 15 is 0 Å². The van der Waals surface area contributed by atoms with Gasteiger partial charge in [-0.05, 0) is 43.7 Å². The van der Waals surface area contributed by atoms with Gasteiger partial charge in [-0.2, -0.15) is 0 Å². The molecule has 2 heteroatoms. The Labute approximate surface area is 118 Å². The Morgan fingerprint density at radius 3 is 2.58 bits per heavy atom. The summed E-state index contributed by atoms with van der Waals surface area (Å²) in [5, 5.41) is 0. The second-order valence-corrected chi connectivity index (χ2v) is 5.93. The van der Waals surface area contributed by atoms with Crippen LogP contribution in [0.5, 0.6) is 0 Å². The Morgan fingerprint density at radius 2 is 2.00 bits per heavy atom. The van der Waals surface area contributed by atoms with E-state index in [2.05, 4.69) is 42.2 Å². The third-order valence-corrected chi connectivity index (χ3v) is 4.33. The van der Waals surface area contributed by atoms with Crippen molar-refractivity contribution < 1.29 is 0 Å². The summed E-state index contributed by atoms with van der Waals surface area (Å²) < 4.78 is 0. The molecule has 0 aliphatic heterocycles. The average Bonchev–Trinajstić information content (AvgIpc) is 2.40. The first-order chi connectivity index (χ1) is 9.28. The highest BCUT2D eigenvalue weighted by Gasteiger charge is 2.20. The second-order valence-electron chi connectivity index (χ2n) is 5.93. The molecule has 1 fully saturated rings. The largest absolute Gasteiger partial charge is 0.327 e. The van der Waals surface area contributed by atoms with Crippen LogP contribution in [0.25, 0.3) is 0 Å². The van der Waals surface area contributed by atoms with Gasteiger partial charge in [0.15, 0.2) is 0 Å². The summed E-state index contributed by atoms with van der Waals surface area (Å²) >= 11 is 0. The van der Waals surface area contributed by atoms with Crippen LogP contribution in [-0.2, 0) is 6.42 Å². The summed E-state index contributed by atoms with van der Waals surface area (Å²) in [6, 6.07) is 11.0. The predicted octanol–water partition coefficient (Wildman–Crippen LogP) is 3.07. The first-order valence-corrected chi connectivity index (χ1v) is 7.79. The maximum atomic E-state index is 6.29. The maximum absolute atomic E-state index is 6.29. The third kappa shape index (κ3) is 4.96. The van der Waals surface area contributed by atoms with Crippen molar-refractivity contribution in [3.8, 4) is 0 Å². The van der Waals surface area contributed by atoms with Crippen molar-refractivity contribution in [2.45, 2.75) is 45.1 Å². The molecule has 1 atom stereocenters. The fraction of sp³-hybridized carbons (Fsp3) is 0.647. The van der Waals surface area contributed by atoms with Gasteiger partial charge in [0.25, 0.3) is 0 Å². The molecule has 2 rings (SSSR count). The van der Waals surface area contributed by atoms with E-state index in [1.165, 1.54) is 31.4 Å². The lowest BCUT2D eigenvalue weighted by molar-refractivity contribution is 0.175. The van der Waals surface area contributed by atoms with Crippen LogP contribution >= 0.6 is 0 Å². The zero-order valence-corrected chi connectivity index (χ0v) is 12.2. The zero-order chi connectivity index (χ0) is 13.5. The van der Waals surface area contributed by atoms with Gasteiger partial charge in [0, 0.05) is 19.1 Å². The highest BCUT2D eigenvalue weighted by atomic mass is 15.1. The molecule has 106 valence electrons. The number of nitrogens with zero attached hydrogens (tertiary/aromatic N) is 1. The first kappa shape index (κ1) is 14.5. The fourth-order valence-corrected chi connectivity index (χ4v) is 2.79. The molecule has 0 spiro atoms. The molecule has 1 unspecified atom stereocenters. The molecule has 0 saturated heterocycles. The number of hydrogen-bond acceptors (Lipinski definition) is 2. The van der Waals surface area contributed by atoms with Crippen LogP contribution in [0.1, 0.15) is 38.2 Å². The molecule has 0 bridgehead atoms. The predicted molar refractivity (Wildman–Crippen MR) is 82.2 cm³/mol. The number of aryl methyl sites for hydroxylation is 1. The van der Waals surface area contributed by atoms with Gasteiger partial charge < -0.3 is 10.6 Å². The summed E-state index contributed by atoms with van der Waals surface area (Å²) in [5.74, 6) is 0.946. The number of nitrogens with two attached hydrogens (primary N) is 1. The van der Waals surface area contributed by atoms with Gasteiger partial charge >= 0.3 is 0 Å². The molecule has 19 heavy (non-hydrogen) atoms. The van der Waals surface area contributed by atoms with Crippen LogP contribution in [0, 0.1) is 5.92 Å².